The van der Waals surface area contributed by atoms with E-state index in [-0.39, 0.29) is 0 Å². The third-order valence-electron chi connectivity index (χ3n) is 4.04. The van der Waals surface area contributed by atoms with Crippen molar-refractivity contribution in [1.82, 2.24) is 0 Å². The average Bonchev–Trinajstić information content (AvgIpc) is 2.38. The summed E-state index contributed by atoms with van der Waals surface area (Å²) in [6, 6.07) is 17.4. The van der Waals surface area contributed by atoms with Gasteiger partial charge in [-0.3, -0.25) is 0 Å². The second-order valence-electron chi connectivity index (χ2n) is 5.11. The Morgan fingerprint density at radius 1 is 0.944 bits per heavy atom. The number of rotatable bonds is 3. The van der Waals surface area contributed by atoms with E-state index in [9.17, 15) is 0 Å². The number of benzene rings is 2. The van der Waals surface area contributed by atoms with Gasteiger partial charge >= 0.3 is 0 Å². The molecule has 0 amide bonds. The summed E-state index contributed by atoms with van der Waals surface area (Å²) >= 11 is 0. The van der Waals surface area contributed by atoms with Crippen LogP contribution in [-0.4, -0.2) is 0 Å². The normalized spacial score (nSPS) is 15.4. The first kappa shape index (κ1) is 11.5. The molecule has 0 atom stereocenters. The molecule has 0 aromatic heterocycles. The number of nitrogens with two attached hydrogens (primary N) is 1. The molecule has 1 aliphatic rings. The van der Waals surface area contributed by atoms with Crippen LogP contribution < -0.4 is 5.73 Å². The molecule has 0 spiro atoms. The van der Waals surface area contributed by atoms with Gasteiger partial charge in [0.1, 0.15) is 0 Å². The van der Waals surface area contributed by atoms with Crippen molar-refractivity contribution in [2.24, 2.45) is 5.73 Å². The van der Waals surface area contributed by atoms with Crippen LogP contribution in [0.5, 0.6) is 0 Å². The quantitative estimate of drug-likeness (QED) is 0.855. The monoisotopic (exact) mass is 237 g/mol. The van der Waals surface area contributed by atoms with Gasteiger partial charge in [0.2, 0.25) is 0 Å². The van der Waals surface area contributed by atoms with Crippen molar-refractivity contribution in [3.05, 3.63) is 59.7 Å². The van der Waals surface area contributed by atoms with Gasteiger partial charge in [0.05, 0.1) is 0 Å². The topological polar surface area (TPSA) is 26.0 Å². The fourth-order valence-electron chi connectivity index (χ4n) is 2.66. The van der Waals surface area contributed by atoms with Crippen molar-refractivity contribution in [3.63, 3.8) is 0 Å². The molecule has 0 radical (unpaired) electrons. The van der Waals surface area contributed by atoms with Crippen molar-refractivity contribution in [1.29, 1.82) is 0 Å². The maximum atomic E-state index is 5.80. The highest BCUT2D eigenvalue weighted by Crippen LogP contribution is 2.37. The SMILES string of the molecule is NCc1ccccc1-c1ccc(C2CCC2)cc1. The third-order valence-corrected chi connectivity index (χ3v) is 4.04. The Hall–Kier alpha value is -1.60. The van der Waals surface area contributed by atoms with Crippen LogP contribution in [0.4, 0.5) is 0 Å². The molecule has 1 heteroatoms. The minimum Gasteiger partial charge on any atom is -0.326 e. The van der Waals surface area contributed by atoms with E-state index < -0.39 is 0 Å². The van der Waals surface area contributed by atoms with Crippen LogP contribution in [0.15, 0.2) is 48.5 Å². The Morgan fingerprint density at radius 2 is 1.67 bits per heavy atom. The van der Waals surface area contributed by atoms with Gasteiger partial charge < -0.3 is 5.73 Å². The standard InChI is InChI=1S/C17H19N/c18-12-16-4-1-2-7-17(16)15-10-8-14(9-11-15)13-5-3-6-13/h1-2,4,7-11,13H,3,5-6,12,18H2. The zero-order valence-corrected chi connectivity index (χ0v) is 10.6. The molecule has 0 heterocycles. The lowest BCUT2D eigenvalue weighted by Crippen LogP contribution is -2.08. The minimum absolute atomic E-state index is 0.598. The van der Waals surface area contributed by atoms with Gasteiger partial charge in [-0.1, -0.05) is 55.0 Å². The molecule has 2 N–H and O–H groups in total. The summed E-state index contributed by atoms with van der Waals surface area (Å²) in [5.74, 6) is 0.809. The van der Waals surface area contributed by atoms with Gasteiger partial charge in [0.15, 0.2) is 0 Å². The fourth-order valence-corrected chi connectivity index (χ4v) is 2.66. The highest BCUT2D eigenvalue weighted by Gasteiger charge is 2.19. The van der Waals surface area contributed by atoms with Crippen molar-refractivity contribution < 1.29 is 0 Å². The lowest BCUT2D eigenvalue weighted by Gasteiger charge is -2.25. The molecule has 1 aliphatic carbocycles. The summed E-state index contributed by atoms with van der Waals surface area (Å²) in [5.41, 5.74) is 11.0. The number of hydrogen-bond acceptors (Lipinski definition) is 1. The second kappa shape index (κ2) is 4.95. The Kier molecular flexibility index (Phi) is 3.16. The molecule has 1 saturated carbocycles. The van der Waals surface area contributed by atoms with Crippen molar-refractivity contribution >= 4 is 0 Å². The summed E-state index contributed by atoms with van der Waals surface area (Å²) in [4.78, 5) is 0. The lowest BCUT2D eigenvalue weighted by atomic mass is 9.80. The summed E-state index contributed by atoms with van der Waals surface area (Å²) in [5, 5.41) is 0. The zero-order chi connectivity index (χ0) is 12.4. The molecule has 18 heavy (non-hydrogen) atoms. The van der Waals surface area contributed by atoms with Gasteiger partial charge in [-0.05, 0) is 41.0 Å². The Bertz CT molecular complexity index is 524. The van der Waals surface area contributed by atoms with Crippen LogP contribution in [0.1, 0.15) is 36.3 Å². The zero-order valence-electron chi connectivity index (χ0n) is 10.6. The molecular weight excluding hydrogens is 218 g/mol. The lowest BCUT2D eigenvalue weighted by molar-refractivity contribution is 0.420. The average molecular weight is 237 g/mol. The van der Waals surface area contributed by atoms with E-state index in [2.05, 4.69) is 48.5 Å². The highest BCUT2D eigenvalue weighted by atomic mass is 14.5. The van der Waals surface area contributed by atoms with Crippen LogP contribution in [0.25, 0.3) is 11.1 Å². The summed E-state index contributed by atoms with van der Waals surface area (Å²) in [6.07, 6.45) is 4.11. The number of hydrogen-bond donors (Lipinski definition) is 1. The van der Waals surface area contributed by atoms with Crippen LogP contribution >= 0.6 is 0 Å². The van der Waals surface area contributed by atoms with E-state index in [1.54, 1.807) is 0 Å². The first-order valence-electron chi connectivity index (χ1n) is 6.77. The van der Waals surface area contributed by atoms with E-state index >= 15 is 0 Å². The molecule has 0 bridgehead atoms. The van der Waals surface area contributed by atoms with Gasteiger partial charge in [0.25, 0.3) is 0 Å². The van der Waals surface area contributed by atoms with Crippen LogP contribution in [0, 0.1) is 0 Å². The van der Waals surface area contributed by atoms with E-state index in [4.69, 9.17) is 5.73 Å². The Morgan fingerprint density at radius 3 is 2.28 bits per heavy atom. The van der Waals surface area contributed by atoms with Gasteiger partial charge in [-0.25, -0.2) is 0 Å². The van der Waals surface area contributed by atoms with Gasteiger partial charge in [-0.2, -0.15) is 0 Å². The van der Waals surface area contributed by atoms with E-state index in [0.717, 1.165) is 5.92 Å². The predicted molar refractivity (Wildman–Crippen MR) is 76.4 cm³/mol. The van der Waals surface area contributed by atoms with Crippen LogP contribution in [-0.2, 0) is 6.54 Å². The molecule has 1 nitrogen and oxygen atoms in total. The van der Waals surface area contributed by atoms with Crippen molar-refractivity contribution in [2.75, 3.05) is 0 Å². The van der Waals surface area contributed by atoms with Crippen molar-refractivity contribution in [2.45, 2.75) is 31.7 Å². The van der Waals surface area contributed by atoms with Crippen LogP contribution in [0.3, 0.4) is 0 Å². The maximum absolute atomic E-state index is 5.80. The first-order chi connectivity index (χ1) is 8.88. The summed E-state index contributed by atoms with van der Waals surface area (Å²) in [6.45, 7) is 0.598. The highest BCUT2D eigenvalue weighted by molar-refractivity contribution is 5.67. The van der Waals surface area contributed by atoms with Gasteiger partial charge in [-0.15, -0.1) is 0 Å². The molecule has 3 rings (SSSR count). The molecule has 0 unspecified atom stereocenters. The molecule has 0 saturated heterocycles. The Labute approximate surface area is 109 Å². The van der Waals surface area contributed by atoms with Crippen LogP contribution in [0.2, 0.25) is 0 Å². The third kappa shape index (κ3) is 2.06. The fraction of sp³-hybridized carbons (Fsp3) is 0.294. The van der Waals surface area contributed by atoms with Crippen molar-refractivity contribution in [3.8, 4) is 11.1 Å². The minimum atomic E-state index is 0.598. The summed E-state index contributed by atoms with van der Waals surface area (Å²) < 4.78 is 0. The first-order valence-corrected chi connectivity index (χ1v) is 6.77. The van der Waals surface area contributed by atoms with E-state index in [1.165, 1.54) is 41.5 Å². The molecule has 2 aromatic carbocycles. The molecule has 2 aromatic rings. The predicted octanol–water partition coefficient (Wildman–Crippen LogP) is 4.08. The molecule has 0 aliphatic heterocycles. The maximum Gasteiger partial charge on any atom is 0.0184 e. The molecular formula is C17H19N. The molecule has 92 valence electrons. The largest absolute Gasteiger partial charge is 0.326 e. The molecule has 1 fully saturated rings. The summed E-state index contributed by atoms with van der Waals surface area (Å²) in [7, 11) is 0. The second-order valence-corrected chi connectivity index (χ2v) is 5.11. The Balaban J connectivity index is 1.91. The van der Waals surface area contributed by atoms with Gasteiger partial charge in [0, 0.05) is 6.54 Å². The smallest absolute Gasteiger partial charge is 0.0184 e. The van der Waals surface area contributed by atoms with E-state index in [0.29, 0.717) is 6.54 Å². The van der Waals surface area contributed by atoms with E-state index in [1.807, 2.05) is 0 Å².